The molecule has 0 aliphatic heterocycles. The average Bonchev–Trinajstić information content (AvgIpc) is 2.42. The molecular weight excluding hydrogens is 291 g/mol. The summed E-state index contributed by atoms with van der Waals surface area (Å²) in [7, 11) is 0. The van der Waals surface area contributed by atoms with Gasteiger partial charge in [-0.2, -0.15) is 0 Å². The number of amidine groups is 1. The summed E-state index contributed by atoms with van der Waals surface area (Å²) in [6, 6.07) is 7.70. The van der Waals surface area contributed by atoms with Crippen LogP contribution in [0.15, 0.2) is 52.5 Å². The highest BCUT2D eigenvalue weighted by molar-refractivity contribution is 6.31. The lowest BCUT2D eigenvalue weighted by atomic mass is 10.1. The third kappa shape index (κ3) is 5.81. The number of hydrogen-bond acceptors (Lipinski definition) is 1. The molecule has 0 unspecified atom stereocenters. The van der Waals surface area contributed by atoms with Crippen LogP contribution in [0, 0.1) is 0 Å². The lowest BCUT2D eigenvalue weighted by Gasteiger charge is -2.11. The third-order valence-corrected chi connectivity index (χ3v) is 3.05. The van der Waals surface area contributed by atoms with Crippen molar-refractivity contribution in [1.29, 1.82) is 0 Å². The van der Waals surface area contributed by atoms with Gasteiger partial charge in [-0.25, -0.2) is 0 Å². The van der Waals surface area contributed by atoms with Gasteiger partial charge in [0.25, 0.3) is 0 Å². The number of nitrogens with one attached hydrogen (secondary N) is 1. The Morgan fingerprint density at radius 1 is 1.30 bits per heavy atom. The number of halogens is 2. The maximum atomic E-state index is 5.87. The van der Waals surface area contributed by atoms with Crippen LogP contribution < -0.4 is 5.32 Å². The summed E-state index contributed by atoms with van der Waals surface area (Å²) in [6.07, 6.45) is 2.70. The van der Waals surface area contributed by atoms with E-state index in [2.05, 4.69) is 23.8 Å². The van der Waals surface area contributed by atoms with E-state index in [1.54, 1.807) is 0 Å². The van der Waals surface area contributed by atoms with Crippen LogP contribution >= 0.6 is 23.2 Å². The van der Waals surface area contributed by atoms with Gasteiger partial charge in [-0.15, -0.1) is 0 Å². The first kappa shape index (κ1) is 16.8. The van der Waals surface area contributed by atoms with Gasteiger partial charge in [0, 0.05) is 16.6 Å². The number of benzene rings is 1. The predicted molar refractivity (Wildman–Crippen MR) is 89.6 cm³/mol. The fourth-order valence-corrected chi connectivity index (χ4v) is 1.98. The highest BCUT2D eigenvalue weighted by atomic mass is 35.5. The molecule has 0 aliphatic carbocycles. The number of rotatable bonds is 6. The second-order valence-corrected chi connectivity index (χ2v) is 5.21. The molecule has 0 heterocycles. The van der Waals surface area contributed by atoms with Crippen LogP contribution in [0.2, 0.25) is 5.02 Å². The number of aliphatic imine (C=N–C) groups is 1. The minimum absolute atomic E-state index is 0.513. The van der Waals surface area contributed by atoms with Crippen molar-refractivity contribution in [3.8, 4) is 0 Å². The van der Waals surface area contributed by atoms with E-state index >= 15 is 0 Å². The summed E-state index contributed by atoms with van der Waals surface area (Å²) in [6.45, 7) is 9.23. The average molecular weight is 311 g/mol. The maximum absolute atomic E-state index is 5.87. The van der Waals surface area contributed by atoms with Gasteiger partial charge < -0.3 is 5.32 Å². The van der Waals surface area contributed by atoms with E-state index in [1.165, 1.54) is 0 Å². The Labute approximate surface area is 131 Å². The fourth-order valence-electron chi connectivity index (χ4n) is 1.73. The lowest BCUT2D eigenvalue weighted by Crippen LogP contribution is -2.25. The van der Waals surface area contributed by atoms with Crippen LogP contribution in [0.1, 0.15) is 25.8 Å². The second-order valence-electron chi connectivity index (χ2n) is 4.29. The standard InChI is InChI=1S/C16H20Cl2N2/c1-4-14(10-12(3)17)16(19-5-2)20-11-13-6-8-15(18)9-7-13/h6-10H,3-5,11H2,1-2H3,(H,19,20). The van der Waals surface area contributed by atoms with Crippen LogP contribution in [0.5, 0.6) is 0 Å². The highest BCUT2D eigenvalue weighted by Gasteiger charge is 2.04. The Balaban J connectivity index is 2.91. The summed E-state index contributed by atoms with van der Waals surface area (Å²) in [5.41, 5.74) is 2.17. The van der Waals surface area contributed by atoms with Crippen LogP contribution in [-0.2, 0) is 6.54 Å². The SMILES string of the molecule is C=C(Cl)C=C(CC)C(=NCc1ccc(Cl)cc1)NCC. The lowest BCUT2D eigenvalue weighted by molar-refractivity contribution is 0.924. The van der Waals surface area contributed by atoms with Gasteiger partial charge in [0.15, 0.2) is 0 Å². The predicted octanol–water partition coefficient (Wildman–Crippen LogP) is 4.94. The van der Waals surface area contributed by atoms with Crippen molar-refractivity contribution in [3.63, 3.8) is 0 Å². The van der Waals surface area contributed by atoms with Crippen LogP contribution in [0.4, 0.5) is 0 Å². The van der Waals surface area contributed by atoms with E-state index in [0.717, 1.165) is 35.0 Å². The Morgan fingerprint density at radius 3 is 2.45 bits per heavy atom. The minimum Gasteiger partial charge on any atom is -0.370 e. The number of likely N-dealkylation sites (N-methyl/N-ethyl adjacent to an activating group) is 1. The van der Waals surface area contributed by atoms with Crippen molar-refractivity contribution in [1.82, 2.24) is 5.32 Å². The molecule has 108 valence electrons. The van der Waals surface area contributed by atoms with Gasteiger partial charge in [-0.1, -0.05) is 48.8 Å². The van der Waals surface area contributed by atoms with Crippen molar-refractivity contribution >= 4 is 29.0 Å². The Kier molecular flexibility index (Phi) is 7.42. The molecule has 0 aliphatic rings. The second kappa shape index (κ2) is 8.83. The van der Waals surface area contributed by atoms with Crippen molar-refractivity contribution in [3.05, 3.63) is 58.1 Å². The zero-order valence-corrected chi connectivity index (χ0v) is 13.4. The van der Waals surface area contributed by atoms with Crippen molar-refractivity contribution in [2.45, 2.75) is 26.8 Å². The van der Waals surface area contributed by atoms with E-state index in [9.17, 15) is 0 Å². The van der Waals surface area contributed by atoms with Gasteiger partial charge in [-0.3, -0.25) is 4.99 Å². The Bertz CT molecular complexity index is 502. The van der Waals surface area contributed by atoms with E-state index in [4.69, 9.17) is 23.2 Å². The molecule has 0 radical (unpaired) electrons. The first-order chi connectivity index (χ1) is 9.56. The monoisotopic (exact) mass is 310 g/mol. The molecule has 1 aromatic carbocycles. The molecule has 0 atom stereocenters. The zero-order chi connectivity index (χ0) is 15.0. The normalized spacial score (nSPS) is 12.4. The van der Waals surface area contributed by atoms with Gasteiger partial charge in [0.1, 0.15) is 5.84 Å². The molecule has 0 bridgehead atoms. The molecule has 20 heavy (non-hydrogen) atoms. The molecule has 1 rings (SSSR count). The minimum atomic E-state index is 0.513. The molecular formula is C16H20Cl2N2. The summed E-state index contributed by atoms with van der Waals surface area (Å²) < 4.78 is 0. The summed E-state index contributed by atoms with van der Waals surface area (Å²) in [4.78, 5) is 4.63. The van der Waals surface area contributed by atoms with Gasteiger partial charge in [-0.05, 0) is 42.7 Å². The van der Waals surface area contributed by atoms with Crippen LogP contribution in [0.25, 0.3) is 0 Å². The number of allylic oxidation sites excluding steroid dienone is 2. The van der Waals surface area contributed by atoms with Gasteiger partial charge in [0.2, 0.25) is 0 Å². The molecule has 0 fully saturated rings. The largest absolute Gasteiger partial charge is 0.370 e. The van der Waals surface area contributed by atoms with Crippen LogP contribution in [-0.4, -0.2) is 12.4 Å². The molecule has 0 saturated heterocycles. The first-order valence-electron chi connectivity index (χ1n) is 6.64. The summed E-state index contributed by atoms with van der Waals surface area (Å²) >= 11 is 11.7. The van der Waals surface area contributed by atoms with E-state index in [0.29, 0.717) is 11.6 Å². The molecule has 4 heteroatoms. The molecule has 0 saturated carbocycles. The van der Waals surface area contributed by atoms with Crippen molar-refractivity contribution < 1.29 is 0 Å². The summed E-state index contributed by atoms with van der Waals surface area (Å²) in [5.74, 6) is 0.867. The summed E-state index contributed by atoms with van der Waals surface area (Å²) in [5, 5.41) is 4.52. The van der Waals surface area contributed by atoms with E-state index < -0.39 is 0 Å². The van der Waals surface area contributed by atoms with Gasteiger partial charge in [0.05, 0.1) is 6.54 Å². The molecule has 0 aromatic heterocycles. The smallest absolute Gasteiger partial charge is 0.124 e. The van der Waals surface area contributed by atoms with Crippen molar-refractivity contribution in [2.75, 3.05) is 6.54 Å². The number of hydrogen-bond donors (Lipinski definition) is 1. The Hall–Kier alpha value is -1.25. The quantitative estimate of drug-likeness (QED) is 0.449. The number of nitrogens with zero attached hydrogens (tertiary/aromatic N) is 1. The Morgan fingerprint density at radius 2 is 1.95 bits per heavy atom. The van der Waals surface area contributed by atoms with Crippen LogP contribution in [0.3, 0.4) is 0 Å². The van der Waals surface area contributed by atoms with Crippen molar-refractivity contribution in [2.24, 2.45) is 4.99 Å². The highest BCUT2D eigenvalue weighted by Crippen LogP contribution is 2.13. The zero-order valence-electron chi connectivity index (χ0n) is 11.9. The first-order valence-corrected chi connectivity index (χ1v) is 7.40. The maximum Gasteiger partial charge on any atom is 0.124 e. The molecule has 1 N–H and O–H groups in total. The third-order valence-electron chi connectivity index (χ3n) is 2.69. The van der Waals surface area contributed by atoms with Gasteiger partial charge >= 0.3 is 0 Å². The topological polar surface area (TPSA) is 24.4 Å². The molecule has 1 aromatic rings. The van der Waals surface area contributed by atoms with E-state index in [1.807, 2.05) is 37.3 Å². The van der Waals surface area contributed by atoms with E-state index in [-0.39, 0.29) is 0 Å². The molecule has 2 nitrogen and oxygen atoms in total. The fraction of sp³-hybridized carbons (Fsp3) is 0.312. The molecule has 0 spiro atoms. The molecule has 0 amide bonds.